The Kier molecular flexibility index (Phi) is 5.85. The van der Waals surface area contributed by atoms with Gasteiger partial charge in [0.1, 0.15) is 28.6 Å². The van der Waals surface area contributed by atoms with Crippen LogP contribution in [0.15, 0.2) is 71.7 Å². The molecule has 1 aromatic carbocycles. The summed E-state index contributed by atoms with van der Waals surface area (Å²) in [6.45, 7) is 5.54. The minimum Gasteiger partial charge on any atom is -0.438 e. The van der Waals surface area contributed by atoms with Crippen LogP contribution in [0, 0.1) is 18.3 Å². The second-order valence-electron chi connectivity index (χ2n) is 6.10. The standard InChI is InChI=1S/C22H18N4O3/c1-3-11-24-20(27)16(14-23)13-18-21(29-17-9-5-4-6-10-17)25-19-15(2)8-7-12-26(19)22(18)28/h3-10,12-13H,1,11H2,2H3,(H,24,27)/b16-13-. The highest BCUT2D eigenvalue weighted by atomic mass is 16.5. The van der Waals surface area contributed by atoms with Crippen LogP contribution in [-0.2, 0) is 4.79 Å². The lowest BCUT2D eigenvalue weighted by Crippen LogP contribution is -2.25. The Labute approximate surface area is 167 Å². The predicted octanol–water partition coefficient (Wildman–Crippen LogP) is 3.00. The van der Waals surface area contributed by atoms with Crippen molar-refractivity contribution in [1.82, 2.24) is 14.7 Å². The van der Waals surface area contributed by atoms with Gasteiger partial charge < -0.3 is 10.1 Å². The van der Waals surface area contributed by atoms with E-state index in [1.807, 2.05) is 25.1 Å². The molecule has 1 N–H and O–H groups in total. The average Bonchev–Trinajstić information content (AvgIpc) is 2.73. The van der Waals surface area contributed by atoms with Crippen molar-refractivity contribution in [2.24, 2.45) is 0 Å². The molecule has 7 nitrogen and oxygen atoms in total. The monoisotopic (exact) mass is 386 g/mol. The van der Waals surface area contributed by atoms with Crippen molar-refractivity contribution in [3.8, 4) is 17.7 Å². The number of amides is 1. The number of para-hydroxylation sites is 1. The highest BCUT2D eigenvalue weighted by Crippen LogP contribution is 2.24. The third-order valence-corrected chi connectivity index (χ3v) is 4.07. The lowest BCUT2D eigenvalue weighted by molar-refractivity contribution is -0.116. The number of benzene rings is 1. The van der Waals surface area contributed by atoms with Crippen LogP contribution in [0.3, 0.4) is 0 Å². The van der Waals surface area contributed by atoms with Gasteiger partial charge in [-0.15, -0.1) is 6.58 Å². The maximum Gasteiger partial charge on any atom is 0.269 e. The lowest BCUT2D eigenvalue weighted by Gasteiger charge is -2.11. The number of pyridine rings is 1. The third kappa shape index (κ3) is 4.22. The van der Waals surface area contributed by atoms with E-state index >= 15 is 0 Å². The first kappa shape index (κ1) is 19.6. The van der Waals surface area contributed by atoms with E-state index in [4.69, 9.17) is 4.74 Å². The fraction of sp³-hybridized carbons (Fsp3) is 0.0909. The quantitative estimate of drug-likeness (QED) is 0.399. The molecule has 2 heterocycles. The second-order valence-corrected chi connectivity index (χ2v) is 6.10. The Hall–Kier alpha value is -4.18. The van der Waals surface area contributed by atoms with E-state index < -0.39 is 11.5 Å². The van der Waals surface area contributed by atoms with Gasteiger partial charge in [-0.1, -0.05) is 30.3 Å². The van der Waals surface area contributed by atoms with E-state index in [1.54, 1.807) is 36.5 Å². The third-order valence-electron chi connectivity index (χ3n) is 4.07. The highest BCUT2D eigenvalue weighted by molar-refractivity contribution is 6.02. The van der Waals surface area contributed by atoms with Crippen molar-refractivity contribution < 1.29 is 9.53 Å². The molecule has 0 fully saturated rings. The van der Waals surface area contributed by atoms with Gasteiger partial charge in [0, 0.05) is 12.7 Å². The second kappa shape index (κ2) is 8.67. The molecule has 3 aromatic rings. The summed E-state index contributed by atoms with van der Waals surface area (Å²) in [6, 6.07) is 14.2. The summed E-state index contributed by atoms with van der Waals surface area (Å²) in [5.41, 5.74) is 0.518. The van der Waals surface area contributed by atoms with E-state index in [0.717, 1.165) is 5.56 Å². The van der Waals surface area contributed by atoms with Crippen LogP contribution >= 0.6 is 0 Å². The van der Waals surface area contributed by atoms with E-state index in [1.165, 1.54) is 16.6 Å². The zero-order chi connectivity index (χ0) is 20.8. The van der Waals surface area contributed by atoms with Crippen LogP contribution in [0.4, 0.5) is 0 Å². The first-order chi connectivity index (χ1) is 14.0. The topological polar surface area (TPSA) is 96.5 Å². The number of hydrogen-bond donors (Lipinski definition) is 1. The number of nitrogens with zero attached hydrogens (tertiary/aromatic N) is 3. The predicted molar refractivity (Wildman–Crippen MR) is 110 cm³/mol. The van der Waals surface area contributed by atoms with Crippen molar-refractivity contribution in [2.75, 3.05) is 6.54 Å². The summed E-state index contributed by atoms with van der Waals surface area (Å²) >= 11 is 0. The molecule has 0 unspecified atom stereocenters. The van der Waals surface area contributed by atoms with Crippen LogP contribution in [0.1, 0.15) is 11.1 Å². The fourth-order valence-electron chi connectivity index (χ4n) is 2.65. The number of nitriles is 1. The van der Waals surface area contributed by atoms with Gasteiger partial charge in [-0.2, -0.15) is 10.2 Å². The molecule has 0 spiro atoms. The average molecular weight is 386 g/mol. The highest BCUT2D eigenvalue weighted by Gasteiger charge is 2.17. The number of rotatable bonds is 6. The van der Waals surface area contributed by atoms with Gasteiger partial charge in [0.25, 0.3) is 11.5 Å². The number of nitrogens with one attached hydrogen (secondary N) is 1. The summed E-state index contributed by atoms with van der Waals surface area (Å²) in [5.74, 6) is -0.131. The Morgan fingerprint density at radius 2 is 2.07 bits per heavy atom. The molecule has 0 atom stereocenters. The van der Waals surface area contributed by atoms with E-state index in [0.29, 0.717) is 11.4 Å². The zero-order valence-electron chi connectivity index (χ0n) is 15.8. The van der Waals surface area contributed by atoms with Crippen molar-refractivity contribution in [1.29, 1.82) is 5.26 Å². The number of carbonyl (C=O) groups excluding carboxylic acids is 1. The molecular formula is C22H18N4O3. The van der Waals surface area contributed by atoms with Gasteiger partial charge in [0.05, 0.1) is 0 Å². The Balaban J connectivity index is 2.21. The molecule has 0 aliphatic heterocycles. The number of carbonyl (C=O) groups is 1. The summed E-state index contributed by atoms with van der Waals surface area (Å²) in [7, 11) is 0. The van der Waals surface area contributed by atoms with Gasteiger partial charge in [0.15, 0.2) is 0 Å². The van der Waals surface area contributed by atoms with Gasteiger partial charge in [-0.05, 0) is 36.8 Å². The molecule has 1 amide bonds. The molecule has 0 bridgehead atoms. The maximum absolute atomic E-state index is 13.1. The molecule has 7 heteroatoms. The Morgan fingerprint density at radius 3 is 2.76 bits per heavy atom. The molecule has 3 rings (SSSR count). The van der Waals surface area contributed by atoms with Crippen LogP contribution in [0.2, 0.25) is 0 Å². The number of aryl methyl sites for hydroxylation is 1. The van der Waals surface area contributed by atoms with Gasteiger partial charge in [-0.25, -0.2) is 0 Å². The molecule has 0 radical (unpaired) electrons. The molecule has 2 aromatic heterocycles. The van der Waals surface area contributed by atoms with Crippen LogP contribution < -0.4 is 15.6 Å². The zero-order valence-corrected chi connectivity index (χ0v) is 15.8. The molecule has 144 valence electrons. The molecular weight excluding hydrogens is 368 g/mol. The maximum atomic E-state index is 13.1. The molecule has 0 saturated heterocycles. The van der Waals surface area contributed by atoms with E-state index in [9.17, 15) is 14.9 Å². The van der Waals surface area contributed by atoms with Crippen LogP contribution in [-0.4, -0.2) is 21.8 Å². The smallest absolute Gasteiger partial charge is 0.269 e. The van der Waals surface area contributed by atoms with E-state index in [2.05, 4.69) is 16.9 Å². The van der Waals surface area contributed by atoms with Gasteiger partial charge >= 0.3 is 0 Å². The molecule has 0 aliphatic rings. The lowest BCUT2D eigenvalue weighted by atomic mass is 10.1. The Bertz CT molecular complexity index is 1200. The summed E-state index contributed by atoms with van der Waals surface area (Å²) in [4.78, 5) is 29.8. The van der Waals surface area contributed by atoms with Crippen LogP contribution in [0.5, 0.6) is 11.6 Å². The van der Waals surface area contributed by atoms with Crippen LogP contribution in [0.25, 0.3) is 11.7 Å². The van der Waals surface area contributed by atoms with Gasteiger partial charge in [0.2, 0.25) is 5.88 Å². The number of aromatic nitrogens is 2. The first-order valence-corrected chi connectivity index (χ1v) is 8.81. The van der Waals surface area contributed by atoms with Gasteiger partial charge in [-0.3, -0.25) is 14.0 Å². The van der Waals surface area contributed by atoms with E-state index in [-0.39, 0.29) is 23.6 Å². The molecule has 29 heavy (non-hydrogen) atoms. The van der Waals surface area contributed by atoms with Crippen molar-refractivity contribution in [3.63, 3.8) is 0 Å². The van der Waals surface area contributed by atoms with Crippen molar-refractivity contribution >= 4 is 17.6 Å². The number of fused-ring (bicyclic) bond motifs is 1. The molecule has 0 saturated carbocycles. The number of ether oxygens (including phenoxy) is 1. The first-order valence-electron chi connectivity index (χ1n) is 8.81. The SMILES string of the molecule is C=CCNC(=O)/C(C#N)=C\c1c(Oc2ccccc2)nc2c(C)cccn2c1=O. The normalized spacial score (nSPS) is 11.0. The largest absolute Gasteiger partial charge is 0.438 e. The fourth-order valence-corrected chi connectivity index (χ4v) is 2.65. The summed E-state index contributed by atoms with van der Waals surface area (Å²) in [5, 5.41) is 11.9. The minimum absolute atomic E-state index is 0.00209. The Morgan fingerprint density at radius 1 is 1.31 bits per heavy atom. The summed E-state index contributed by atoms with van der Waals surface area (Å²) in [6.07, 6.45) is 4.26. The minimum atomic E-state index is -0.619. The summed E-state index contributed by atoms with van der Waals surface area (Å²) < 4.78 is 7.19. The number of hydrogen-bond acceptors (Lipinski definition) is 5. The molecule has 0 aliphatic carbocycles. The van der Waals surface area contributed by atoms with Crippen molar-refractivity contribution in [2.45, 2.75) is 6.92 Å². The van der Waals surface area contributed by atoms with Crippen molar-refractivity contribution in [3.05, 3.63) is 88.4 Å².